The van der Waals surface area contributed by atoms with E-state index < -0.39 is 0 Å². The molecular weight excluding hydrogens is 369 g/mol. The zero-order valence-corrected chi connectivity index (χ0v) is 17.6. The summed E-state index contributed by atoms with van der Waals surface area (Å²) in [6, 6.07) is 27.0. The normalized spacial score (nSPS) is 19.0. The first kappa shape index (κ1) is 19.5. The number of nitrogens with zero attached hydrogens (tertiary/aromatic N) is 1. The molecule has 3 aromatic carbocycles. The number of piperidine rings is 1. The molecule has 0 unspecified atom stereocenters. The van der Waals surface area contributed by atoms with Crippen LogP contribution in [0.2, 0.25) is 0 Å². The Bertz CT molecular complexity index is 967. The number of halogens is 1. The molecule has 2 aliphatic rings. The van der Waals surface area contributed by atoms with E-state index in [1.54, 1.807) is 12.1 Å². The van der Waals surface area contributed by atoms with E-state index in [9.17, 15) is 4.39 Å². The molecule has 5 rings (SSSR count). The van der Waals surface area contributed by atoms with Gasteiger partial charge in [0.05, 0.1) is 0 Å². The molecule has 1 nitrogen and oxygen atoms in total. The molecule has 2 heteroatoms. The summed E-state index contributed by atoms with van der Waals surface area (Å²) >= 11 is 0. The Morgan fingerprint density at radius 3 is 2.23 bits per heavy atom. The number of benzene rings is 3. The van der Waals surface area contributed by atoms with Gasteiger partial charge in [-0.05, 0) is 85.5 Å². The monoisotopic (exact) mass is 399 g/mol. The summed E-state index contributed by atoms with van der Waals surface area (Å²) in [5.41, 5.74) is 5.91. The van der Waals surface area contributed by atoms with Crippen molar-refractivity contribution in [3.05, 3.63) is 107 Å². The third-order valence-electron chi connectivity index (χ3n) is 7.10. The molecule has 1 saturated heterocycles. The van der Waals surface area contributed by atoms with E-state index in [1.165, 1.54) is 67.6 Å². The first-order valence-electron chi connectivity index (χ1n) is 11.3. The lowest BCUT2D eigenvalue weighted by atomic mass is 9.87. The van der Waals surface area contributed by atoms with Crippen LogP contribution in [-0.2, 0) is 11.8 Å². The van der Waals surface area contributed by atoms with Gasteiger partial charge in [-0.15, -0.1) is 0 Å². The Balaban J connectivity index is 1.19. The number of hydrogen-bond acceptors (Lipinski definition) is 1. The minimum Gasteiger partial charge on any atom is -0.302 e. The Morgan fingerprint density at radius 2 is 1.53 bits per heavy atom. The Labute approximate surface area is 179 Å². The second kappa shape index (κ2) is 8.35. The molecule has 0 atom stereocenters. The molecule has 1 saturated carbocycles. The SMILES string of the molecule is Fc1ccc(Cc2cccc(C3CCN(CC4(c5ccccc5)CC4)CC3)c2)cc1. The highest BCUT2D eigenvalue weighted by Gasteiger charge is 2.45. The van der Waals surface area contributed by atoms with Crippen LogP contribution in [0.1, 0.15) is 53.9 Å². The van der Waals surface area contributed by atoms with Gasteiger partial charge in [0.15, 0.2) is 0 Å². The van der Waals surface area contributed by atoms with Crippen molar-refractivity contribution in [2.24, 2.45) is 0 Å². The average Bonchev–Trinajstić information content (AvgIpc) is 3.57. The highest BCUT2D eigenvalue weighted by Crippen LogP contribution is 2.49. The molecule has 0 bridgehead atoms. The first-order chi connectivity index (χ1) is 14.7. The second-order valence-electron chi connectivity index (χ2n) is 9.25. The molecule has 1 aliphatic heterocycles. The third kappa shape index (κ3) is 4.34. The fourth-order valence-corrected chi connectivity index (χ4v) is 5.13. The predicted molar refractivity (Wildman–Crippen MR) is 121 cm³/mol. The number of likely N-dealkylation sites (tertiary alicyclic amines) is 1. The van der Waals surface area contributed by atoms with Gasteiger partial charge < -0.3 is 4.90 Å². The topological polar surface area (TPSA) is 3.24 Å². The van der Waals surface area contributed by atoms with Crippen LogP contribution >= 0.6 is 0 Å². The summed E-state index contributed by atoms with van der Waals surface area (Å²) in [5.74, 6) is 0.487. The van der Waals surface area contributed by atoms with E-state index in [2.05, 4.69) is 59.5 Å². The maximum Gasteiger partial charge on any atom is 0.123 e. The quantitative estimate of drug-likeness (QED) is 0.468. The van der Waals surface area contributed by atoms with Gasteiger partial charge in [0.1, 0.15) is 5.82 Å². The molecular formula is C28H30FN. The Hall–Kier alpha value is -2.45. The van der Waals surface area contributed by atoms with Crippen LogP contribution in [0.15, 0.2) is 78.9 Å². The van der Waals surface area contributed by atoms with Crippen molar-refractivity contribution < 1.29 is 4.39 Å². The highest BCUT2D eigenvalue weighted by molar-refractivity contribution is 5.33. The Kier molecular flexibility index (Phi) is 5.43. The maximum absolute atomic E-state index is 13.2. The van der Waals surface area contributed by atoms with Gasteiger partial charge in [-0.2, -0.15) is 0 Å². The van der Waals surface area contributed by atoms with E-state index >= 15 is 0 Å². The Morgan fingerprint density at radius 1 is 0.800 bits per heavy atom. The maximum atomic E-state index is 13.2. The van der Waals surface area contributed by atoms with Crippen LogP contribution in [0.25, 0.3) is 0 Å². The average molecular weight is 400 g/mol. The van der Waals surface area contributed by atoms with Crippen molar-refractivity contribution in [1.29, 1.82) is 0 Å². The molecule has 1 heterocycles. The summed E-state index contributed by atoms with van der Waals surface area (Å²) in [5, 5.41) is 0. The van der Waals surface area contributed by atoms with Gasteiger partial charge in [-0.3, -0.25) is 0 Å². The second-order valence-corrected chi connectivity index (χ2v) is 9.25. The zero-order valence-electron chi connectivity index (χ0n) is 17.6. The molecule has 154 valence electrons. The fraction of sp³-hybridized carbons (Fsp3) is 0.357. The van der Waals surface area contributed by atoms with E-state index in [1.807, 2.05) is 12.1 Å². The molecule has 0 amide bonds. The zero-order chi connectivity index (χ0) is 20.4. The lowest BCUT2D eigenvalue weighted by Gasteiger charge is -2.35. The van der Waals surface area contributed by atoms with Crippen molar-refractivity contribution >= 4 is 0 Å². The van der Waals surface area contributed by atoms with Crippen LogP contribution in [0.3, 0.4) is 0 Å². The summed E-state index contributed by atoms with van der Waals surface area (Å²) in [6.45, 7) is 3.61. The molecule has 0 aromatic heterocycles. The molecule has 30 heavy (non-hydrogen) atoms. The van der Waals surface area contributed by atoms with Gasteiger partial charge in [-0.1, -0.05) is 66.7 Å². The molecule has 3 aromatic rings. The summed E-state index contributed by atoms with van der Waals surface area (Å²) in [6.07, 6.45) is 6.02. The molecule has 1 aliphatic carbocycles. The summed E-state index contributed by atoms with van der Waals surface area (Å²) in [7, 11) is 0. The predicted octanol–water partition coefficient (Wildman–Crippen LogP) is 6.33. The minimum atomic E-state index is -0.167. The number of rotatable bonds is 6. The van der Waals surface area contributed by atoms with E-state index in [-0.39, 0.29) is 5.82 Å². The van der Waals surface area contributed by atoms with Crippen LogP contribution in [-0.4, -0.2) is 24.5 Å². The van der Waals surface area contributed by atoms with Gasteiger partial charge in [0.2, 0.25) is 0 Å². The number of hydrogen-bond donors (Lipinski definition) is 0. The van der Waals surface area contributed by atoms with Gasteiger partial charge in [0.25, 0.3) is 0 Å². The highest BCUT2D eigenvalue weighted by atomic mass is 19.1. The smallest absolute Gasteiger partial charge is 0.123 e. The summed E-state index contributed by atoms with van der Waals surface area (Å²) in [4.78, 5) is 2.69. The third-order valence-corrected chi connectivity index (χ3v) is 7.10. The van der Waals surface area contributed by atoms with Crippen LogP contribution < -0.4 is 0 Å². The molecule has 0 radical (unpaired) electrons. The van der Waals surface area contributed by atoms with Gasteiger partial charge in [0, 0.05) is 12.0 Å². The van der Waals surface area contributed by atoms with Crippen molar-refractivity contribution in [1.82, 2.24) is 4.90 Å². The minimum absolute atomic E-state index is 0.167. The van der Waals surface area contributed by atoms with Gasteiger partial charge >= 0.3 is 0 Å². The molecule has 2 fully saturated rings. The van der Waals surface area contributed by atoms with Crippen molar-refractivity contribution in [3.8, 4) is 0 Å². The van der Waals surface area contributed by atoms with Crippen LogP contribution in [0.5, 0.6) is 0 Å². The van der Waals surface area contributed by atoms with E-state index in [0.29, 0.717) is 11.3 Å². The van der Waals surface area contributed by atoms with Crippen LogP contribution in [0.4, 0.5) is 4.39 Å². The largest absolute Gasteiger partial charge is 0.302 e. The first-order valence-corrected chi connectivity index (χ1v) is 11.3. The van der Waals surface area contributed by atoms with Gasteiger partial charge in [-0.25, -0.2) is 4.39 Å². The lowest BCUT2D eigenvalue weighted by Crippen LogP contribution is -2.38. The molecule has 0 N–H and O–H groups in total. The van der Waals surface area contributed by atoms with Crippen molar-refractivity contribution in [2.45, 2.75) is 43.4 Å². The summed E-state index contributed by atoms with van der Waals surface area (Å²) < 4.78 is 13.2. The van der Waals surface area contributed by atoms with Crippen LogP contribution in [0, 0.1) is 5.82 Å². The lowest BCUT2D eigenvalue weighted by molar-refractivity contribution is 0.195. The molecule has 0 spiro atoms. The van der Waals surface area contributed by atoms with Crippen molar-refractivity contribution in [2.75, 3.05) is 19.6 Å². The van der Waals surface area contributed by atoms with E-state index in [4.69, 9.17) is 0 Å². The standard InChI is InChI=1S/C28H30FN/c29-27-11-9-22(10-12-27)19-23-5-4-6-25(20-23)24-13-17-30(18-14-24)21-28(15-16-28)26-7-2-1-3-8-26/h1-12,20,24H,13-19,21H2. The van der Waals surface area contributed by atoms with E-state index in [0.717, 1.165) is 6.42 Å². The fourth-order valence-electron chi connectivity index (χ4n) is 5.13. The van der Waals surface area contributed by atoms with Crippen molar-refractivity contribution in [3.63, 3.8) is 0 Å².